The molecule has 0 aliphatic carbocycles. The van der Waals surface area contributed by atoms with Crippen LogP contribution in [0.4, 0.5) is 0 Å². The average Bonchev–Trinajstić information content (AvgIpc) is 1.87. The van der Waals surface area contributed by atoms with E-state index in [9.17, 15) is 9.59 Å². The minimum atomic E-state index is -1.18. The van der Waals surface area contributed by atoms with Crippen LogP contribution in [-0.2, 0) is 14.3 Å². The molecule has 0 amide bonds. The van der Waals surface area contributed by atoms with Gasteiger partial charge in [0.2, 0.25) is 0 Å². The highest BCUT2D eigenvalue weighted by molar-refractivity contribution is 5.76. The van der Waals surface area contributed by atoms with Gasteiger partial charge in [0.15, 0.2) is 0 Å². The molecule has 0 rings (SSSR count). The van der Waals surface area contributed by atoms with Crippen LogP contribution in [0.1, 0.15) is 13.3 Å². The zero-order valence-electron chi connectivity index (χ0n) is 6.06. The number of hydrogen-bond donors (Lipinski definition) is 2. The Morgan fingerprint density at radius 3 is 2.55 bits per heavy atom. The normalized spacial score (nSPS) is 15.2. The fraction of sp³-hybridized carbons (Fsp3) is 0.667. The van der Waals surface area contributed by atoms with Crippen LogP contribution in [0.5, 0.6) is 0 Å². The first-order valence-electron chi connectivity index (χ1n) is 3.07. The van der Waals surface area contributed by atoms with E-state index in [0.29, 0.717) is 0 Å². The molecule has 0 heterocycles. The van der Waals surface area contributed by atoms with E-state index in [1.54, 1.807) is 0 Å². The van der Waals surface area contributed by atoms with Gasteiger partial charge in [0.1, 0.15) is 0 Å². The summed E-state index contributed by atoms with van der Waals surface area (Å²) in [4.78, 5) is 20.0. The van der Waals surface area contributed by atoms with Crippen molar-refractivity contribution < 1.29 is 24.5 Å². The second kappa shape index (κ2) is 4.81. The van der Waals surface area contributed by atoms with E-state index >= 15 is 0 Å². The van der Waals surface area contributed by atoms with Crippen molar-refractivity contribution in [2.45, 2.75) is 25.6 Å². The van der Waals surface area contributed by atoms with E-state index in [4.69, 9.17) is 10.2 Å². The van der Waals surface area contributed by atoms with Gasteiger partial charge in [-0.05, 0) is 6.92 Å². The molecule has 5 heteroatoms. The van der Waals surface area contributed by atoms with Crippen LogP contribution in [-0.4, -0.2) is 34.9 Å². The number of rotatable bonds is 4. The molecule has 0 aromatic carbocycles. The van der Waals surface area contributed by atoms with Gasteiger partial charge in [-0.2, -0.15) is 0 Å². The summed E-state index contributed by atoms with van der Waals surface area (Å²) in [6, 6.07) is 0. The molecule has 0 aromatic rings. The van der Waals surface area contributed by atoms with Crippen molar-refractivity contribution in [1.29, 1.82) is 0 Å². The SMILES string of the molecule is CC(O)C(O)CC(=O)OC=O. The van der Waals surface area contributed by atoms with Crippen LogP contribution in [0, 0.1) is 0 Å². The lowest BCUT2D eigenvalue weighted by Gasteiger charge is -2.10. The molecule has 11 heavy (non-hydrogen) atoms. The number of hydrogen-bond acceptors (Lipinski definition) is 5. The Kier molecular flexibility index (Phi) is 4.40. The number of aliphatic hydroxyl groups is 2. The summed E-state index contributed by atoms with van der Waals surface area (Å²) in [6.45, 7) is 1.32. The largest absolute Gasteiger partial charge is 0.395 e. The van der Waals surface area contributed by atoms with Crippen molar-refractivity contribution in [3.8, 4) is 0 Å². The van der Waals surface area contributed by atoms with E-state index in [0.717, 1.165) is 0 Å². The van der Waals surface area contributed by atoms with Crippen molar-refractivity contribution in [3.63, 3.8) is 0 Å². The highest BCUT2D eigenvalue weighted by Crippen LogP contribution is 1.98. The van der Waals surface area contributed by atoms with Gasteiger partial charge in [0, 0.05) is 0 Å². The third kappa shape index (κ3) is 4.46. The molecule has 5 nitrogen and oxygen atoms in total. The molecule has 0 bridgehead atoms. The second-order valence-corrected chi connectivity index (χ2v) is 2.10. The third-order valence-electron chi connectivity index (χ3n) is 1.11. The standard InChI is InChI=1S/C6H10O5/c1-4(8)5(9)2-6(10)11-3-7/h3-5,8-9H,2H2,1H3. The molecule has 0 fully saturated rings. The highest BCUT2D eigenvalue weighted by atomic mass is 16.6. The minimum Gasteiger partial charge on any atom is -0.395 e. The average molecular weight is 162 g/mol. The molecule has 2 unspecified atom stereocenters. The predicted octanol–water partition coefficient (Wildman–Crippen LogP) is -1.18. The van der Waals surface area contributed by atoms with Gasteiger partial charge in [-0.3, -0.25) is 9.59 Å². The van der Waals surface area contributed by atoms with Crippen LogP contribution < -0.4 is 0 Å². The molecule has 0 aliphatic heterocycles. The molecule has 0 radical (unpaired) electrons. The van der Waals surface area contributed by atoms with Crippen LogP contribution in [0.2, 0.25) is 0 Å². The molecular formula is C6H10O5. The van der Waals surface area contributed by atoms with Crippen molar-refractivity contribution in [2.75, 3.05) is 0 Å². The van der Waals surface area contributed by atoms with Crippen molar-refractivity contribution in [1.82, 2.24) is 0 Å². The molecular weight excluding hydrogens is 152 g/mol. The summed E-state index contributed by atoms with van der Waals surface area (Å²) in [5.41, 5.74) is 0. The Labute approximate surface area is 63.6 Å². The fourth-order valence-corrected chi connectivity index (χ4v) is 0.443. The molecule has 2 N–H and O–H groups in total. The second-order valence-electron chi connectivity index (χ2n) is 2.10. The number of ether oxygens (including phenoxy) is 1. The van der Waals surface area contributed by atoms with E-state index < -0.39 is 18.2 Å². The first-order chi connectivity index (χ1) is 5.07. The van der Waals surface area contributed by atoms with Gasteiger partial charge >= 0.3 is 12.4 Å². The molecule has 2 atom stereocenters. The number of carbonyl (C=O) groups is 2. The molecule has 0 spiro atoms. The van der Waals surface area contributed by atoms with Crippen LogP contribution in [0.25, 0.3) is 0 Å². The lowest BCUT2D eigenvalue weighted by atomic mass is 10.2. The van der Waals surface area contributed by atoms with Crippen molar-refractivity contribution in [3.05, 3.63) is 0 Å². The lowest BCUT2D eigenvalue weighted by molar-refractivity contribution is -0.154. The summed E-state index contributed by atoms with van der Waals surface area (Å²) in [5, 5.41) is 17.5. The van der Waals surface area contributed by atoms with Crippen molar-refractivity contribution >= 4 is 12.4 Å². The summed E-state index contributed by atoms with van der Waals surface area (Å²) in [5.74, 6) is -0.853. The Balaban J connectivity index is 3.65. The first kappa shape index (κ1) is 10.1. The van der Waals surface area contributed by atoms with Crippen LogP contribution in [0.15, 0.2) is 0 Å². The van der Waals surface area contributed by atoms with Gasteiger partial charge in [-0.15, -0.1) is 0 Å². The zero-order chi connectivity index (χ0) is 8.85. The van der Waals surface area contributed by atoms with Crippen LogP contribution >= 0.6 is 0 Å². The quantitative estimate of drug-likeness (QED) is 0.309. The van der Waals surface area contributed by atoms with Gasteiger partial charge in [-0.1, -0.05) is 0 Å². The Hall–Kier alpha value is -0.940. The molecule has 0 aromatic heterocycles. The number of esters is 1. The predicted molar refractivity (Wildman–Crippen MR) is 34.5 cm³/mol. The maximum atomic E-state index is 10.4. The zero-order valence-corrected chi connectivity index (χ0v) is 6.06. The topological polar surface area (TPSA) is 83.8 Å². The fourth-order valence-electron chi connectivity index (χ4n) is 0.443. The maximum Gasteiger partial charge on any atom is 0.315 e. The first-order valence-corrected chi connectivity index (χ1v) is 3.07. The Morgan fingerprint density at radius 1 is 1.64 bits per heavy atom. The van der Waals surface area contributed by atoms with E-state index in [2.05, 4.69) is 4.74 Å². The molecule has 0 saturated carbocycles. The monoisotopic (exact) mass is 162 g/mol. The summed E-state index contributed by atoms with van der Waals surface area (Å²) >= 11 is 0. The lowest BCUT2D eigenvalue weighted by Crippen LogP contribution is -2.26. The molecule has 64 valence electrons. The van der Waals surface area contributed by atoms with Gasteiger partial charge in [0.25, 0.3) is 0 Å². The van der Waals surface area contributed by atoms with Crippen molar-refractivity contribution in [2.24, 2.45) is 0 Å². The maximum absolute atomic E-state index is 10.4. The Bertz CT molecular complexity index is 142. The smallest absolute Gasteiger partial charge is 0.315 e. The summed E-state index contributed by atoms with van der Waals surface area (Å²) in [6.07, 6.45) is -2.56. The molecule has 0 aliphatic rings. The number of carbonyl (C=O) groups excluding carboxylic acids is 2. The van der Waals surface area contributed by atoms with Crippen LogP contribution in [0.3, 0.4) is 0 Å². The third-order valence-corrected chi connectivity index (χ3v) is 1.11. The van der Waals surface area contributed by atoms with Gasteiger partial charge in [-0.25, -0.2) is 0 Å². The minimum absolute atomic E-state index is 0.0168. The van der Waals surface area contributed by atoms with Gasteiger partial charge in [0.05, 0.1) is 18.6 Å². The van der Waals surface area contributed by atoms with E-state index in [1.807, 2.05) is 0 Å². The molecule has 0 saturated heterocycles. The summed E-state index contributed by atoms with van der Waals surface area (Å²) in [7, 11) is 0. The summed E-state index contributed by atoms with van der Waals surface area (Å²) < 4.78 is 3.87. The Morgan fingerprint density at radius 2 is 2.18 bits per heavy atom. The van der Waals surface area contributed by atoms with Gasteiger partial charge < -0.3 is 14.9 Å². The number of aliphatic hydroxyl groups excluding tert-OH is 2. The van der Waals surface area contributed by atoms with E-state index in [-0.39, 0.29) is 12.9 Å². The highest BCUT2D eigenvalue weighted by Gasteiger charge is 2.16. The van der Waals surface area contributed by atoms with E-state index in [1.165, 1.54) is 6.92 Å².